The number of piperidine rings is 1. The molecule has 1 aromatic rings. The average Bonchev–Trinajstić information content (AvgIpc) is 3.02. The Morgan fingerprint density at radius 3 is 2.86 bits per heavy atom. The van der Waals surface area contributed by atoms with Crippen LogP contribution in [0.4, 0.5) is 0 Å². The second kappa shape index (κ2) is 7.57. The fourth-order valence-electron chi connectivity index (χ4n) is 2.75. The second-order valence-corrected chi connectivity index (χ2v) is 9.01. The molecule has 5 nitrogen and oxygen atoms in total. The molecule has 1 unspecified atom stereocenters. The van der Waals surface area contributed by atoms with Crippen LogP contribution in [0.25, 0.3) is 0 Å². The Morgan fingerprint density at radius 2 is 2.23 bits per heavy atom. The van der Waals surface area contributed by atoms with Crippen molar-refractivity contribution in [1.29, 1.82) is 0 Å². The molecule has 2 rings (SSSR count). The van der Waals surface area contributed by atoms with E-state index < -0.39 is 10.0 Å². The van der Waals surface area contributed by atoms with Gasteiger partial charge >= 0.3 is 0 Å². The van der Waals surface area contributed by atoms with Crippen molar-refractivity contribution in [3.63, 3.8) is 0 Å². The van der Waals surface area contributed by atoms with Crippen LogP contribution < -0.4 is 0 Å². The number of hydrogen-bond donors (Lipinski definition) is 0. The number of nitrogens with zero attached hydrogens (tertiary/aromatic N) is 2. The van der Waals surface area contributed by atoms with Crippen molar-refractivity contribution < 1.29 is 13.2 Å². The van der Waals surface area contributed by atoms with Crippen LogP contribution in [-0.4, -0.2) is 49.7 Å². The molecule has 1 amide bonds. The zero-order chi connectivity index (χ0) is 16.2. The number of carbonyl (C=O) groups is 1. The third kappa shape index (κ3) is 4.08. The summed E-state index contributed by atoms with van der Waals surface area (Å²) in [5.74, 6) is 0.147. The van der Waals surface area contributed by atoms with Gasteiger partial charge in [-0.05, 0) is 44.1 Å². The standard InChI is InChI=1S/C15H24N2O3S2/c1-13-7-3-4-11-17(13)14(18)8-5-10-16(2)22(19,20)15-9-6-12-21-15/h6,9,12-13H,3-5,7-8,10-11H2,1-2H3. The topological polar surface area (TPSA) is 57.7 Å². The van der Waals surface area contributed by atoms with E-state index in [0.717, 1.165) is 19.4 Å². The molecule has 7 heteroatoms. The fourth-order valence-corrected chi connectivity index (χ4v) is 5.16. The summed E-state index contributed by atoms with van der Waals surface area (Å²) >= 11 is 1.22. The molecule has 1 saturated heterocycles. The number of sulfonamides is 1. The van der Waals surface area contributed by atoms with Crippen LogP contribution in [0.15, 0.2) is 21.7 Å². The molecule has 1 aliphatic heterocycles. The molecule has 1 aliphatic rings. The van der Waals surface area contributed by atoms with Crippen molar-refractivity contribution in [2.24, 2.45) is 0 Å². The van der Waals surface area contributed by atoms with E-state index in [4.69, 9.17) is 0 Å². The van der Waals surface area contributed by atoms with Gasteiger partial charge in [0.15, 0.2) is 0 Å². The highest BCUT2D eigenvalue weighted by Crippen LogP contribution is 2.21. The molecule has 0 bridgehead atoms. The Hall–Kier alpha value is -0.920. The Kier molecular flexibility index (Phi) is 6.00. The van der Waals surface area contributed by atoms with Crippen molar-refractivity contribution in [2.45, 2.75) is 49.3 Å². The molecule has 22 heavy (non-hydrogen) atoms. The van der Waals surface area contributed by atoms with E-state index in [-0.39, 0.29) is 5.91 Å². The van der Waals surface area contributed by atoms with Gasteiger partial charge in [-0.1, -0.05) is 6.07 Å². The number of likely N-dealkylation sites (tertiary alicyclic amines) is 1. The number of rotatable bonds is 6. The highest BCUT2D eigenvalue weighted by Gasteiger charge is 2.24. The zero-order valence-electron chi connectivity index (χ0n) is 13.2. The minimum absolute atomic E-state index is 0.147. The van der Waals surface area contributed by atoms with Crippen molar-refractivity contribution >= 4 is 27.3 Å². The Bertz CT molecular complexity index is 584. The van der Waals surface area contributed by atoms with Crippen LogP contribution in [0.3, 0.4) is 0 Å². The van der Waals surface area contributed by atoms with Crippen LogP contribution in [-0.2, 0) is 14.8 Å². The summed E-state index contributed by atoms with van der Waals surface area (Å²) in [6.07, 6.45) is 4.30. The van der Waals surface area contributed by atoms with Crippen LogP contribution in [0.2, 0.25) is 0 Å². The summed E-state index contributed by atoms with van der Waals surface area (Å²) in [7, 11) is -1.83. The molecule has 1 atom stereocenters. The van der Waals surface area contributed by atoms with Gasteiger partial charge in [0.1, 0.15) is 4.21 Å². The van der Waals surface area contributed by atoms with Gasteiger partial charge in [-0.2, -0.15) is 0 Å². The first-order chi connectivity index (χ1) is 10.4. The normalized spacial score (nSPS) is 19.6. The zero-order valence-corrected chi connectivity index (χ0v) is 14.8. The SMILES string of the molecule is CC1CCCCN1C(=O)CCCN(C)S(=O)(=O)c1cccs1. The smallest absolute Gasteiger partial charge is 0.252 e. The van der Waals surface area contributed by atoms with E-state index in [1.807, 2.05) is 4.90 Å². The molecular weight excluding hydrogens is 320 g/mol. The van der Waals surface area contributed by atoms with E-state index in [1.165, 1.54) is 22.1 Å². The lowest BCUT2D eigenvalue weighted by molar-refractivity contribution is -0.134. The van der Waals surface area contributed by atoms with Crippen LogP contribution in [0.5, 0.6) is 0 Å². The van der Waals surface area contributed by atoms with Crippen LogP contribution in [0.1, 0.15) is 39.0 Å². The summed E-state index contributed by atoms with van der Waals surface area (Å²) in [4.78, 5) is 14.2. The van der Waals surface area contributed by atoms with Crippen LogP contribution in [0, 0.1) is 0 Å². The average molecular weight is 345 g/mol. The molecule has 2 heterocycles. The number of amides is 1. The van der Waals surface area contributed by atoms with Crippen molar-refractivity contribution in [2.75, 3.05) is 20.1 Å². The minimum Gasteiger partial charge on any atom is -0.340 e. The Balaban J connectivity index is 1.82. The van der Waals surface area contributed by atoms with Gasteiger partial charge in [0.25, 0.3) is 10.0 Å². The summed E-state index contributed by atoms with van der Waals surface area (Å²) in [6.45, 7) is 3.29. The predicted molar refractivity (Wildman–Crippen MR) is 88.4 cm³/mol. The monoisotopic (exact) mass is 344 g/mol. The van der Waals surface area contributed by atoms with Crippen LogP contribution >= 0.6 is 11.3 Å². The highest BCUT2D eigenvalue weighted by atomic mass is 32.2. The predicted octanol–water partition coefficient (Wildman–Crippen LogP) is 2.55. The van der Waals surface area contributed by atoms with Gasteiger partial charge in [0.05, 0.1) is 0 Å². The lowest BCUT2D eigenvalue weighted by Gasteiger charge is -2.33. The fraction of sp³-hybridized carbons (Fsp3) is 0.667. The van der Waals surface area contributed by atoms with Crippen molar-refractivity contribution in [3.05, 3.63) is 17.5 Å². The third-order valence-electron chi connectivity index (χ3n) is 4.15. The molecule has 1 aromatic heterocycles. The minimum atomic E-state index is -3.40. The maximum atomic E-state index is 12.3. The van der Waals surface area contributed by atoms with E-state index in [9.17, 15) is 13.2 Å². The Labute approximate surface area is 137 Å². The summed E-state index contributed by atoms with van der Waals surface area (Å²) in [5, 5.41) is 1.75. The molecule has 0 spiro atoms. The molecule has 0 N–H and O–H groups in total. The molecular formula is C15H24N2O3S2. The molecule has 0 radical (unpaired) electrons. The molecule has 124 valence electrons. The largest absolute Gasteiger partial charge is 0.340 e. The van der Waals surface area contributed by atoms with E-state index in [1.54, 1.807) is 24.6 Å². The lowest BCUT2D eigenvalue weighted by Crippen LogP contribution is -2.42. The van der Waals surface area contributed by atoms with Gasteiger partial charge in [-0.25, -0.2) is 12.7 Å². The summed E-state index contributed by atoms with van der Waals surface area (Å²) in [5.41, 5.74) is 0. The quantitative estimate of drug-likeness (QED) is 0.797. The molecule has 0 saturated carbocycles. The first-order valence-electron chi connectivity index (χ1n) is 7.72. The van der Waals surface area contributed by atoms with Crippen molar-refractivity contribution in [3.8, 4) is 0 Å². The van der Waals surface area contributed by atoms with Gasteiger partial charge in [-0.3, -0.25) is 4.79 Å². The molecule has 0 aromatic carbocycles. The number of thiophene rings is 1. The highest BCUT2D eigenvalue weighted by molar-refractivity contribution is 7.91. The maximum Gasteiger partial charge on any atom is 0.252 e. The first kappa shape index (κ1) is 17.4. The van der Waals surface area contributed by atoms with Crippen molar-refractivity contribution in [1.82, 2.24) is 9.21 Å². The van der Waals surface area contributed by atoms with Gasteiger partial charge in [-0.15, -0.1) is 11.3 Å². The number of hydrogen-bond acceptors (Lipinski definition) is 4. The Morgan fingerprint density at radius 1 is 1.45 bits per heavy atom. The summed E-state index contributed by atoms with van der Waals surface area (Å²) in [6, 6.07) is 3.65. The van der Waals surface area contributed by atoms with Gasteiger partial charge < -0.3 is 4.90 Å². The second-order valence-electron chi connectivity index (χ2n) is 5.79. The maximum absolute atomic E-state index is 12.3. The molecule has 0 aliphatic carbocycles. The first-order valence-corrected chi connectivity index (χ1v) is 10.0. The molecule has 1 fully saturated rings. The van der Waals surface area contributed by atoms with E-state index in [0.29, 0.717) is 29.6 Å². The van der Waals surface area contributed by atoms with E-state index in [2.05, 4.69) is 6.92 Å². The third-order valence-corrected chi connectivity index (χ3v) is 7.38. The lowest BCUT2D eigenvalue weighted by atomic mass is 10.0. The van der Waals surface area contributed by atoms with Gasteiger partial charge in [0, 0.05) is 32.6 Å². The summed E-state index contributed by atoms with van der Waals surface area (Å²) < 4.78 is 26.2. The number of carbonyl (C=O) groups excluding carboxylic acids is 1. The van der Waals surface area contributed by atoms with Gasteiger partial charge in [0.2, 0.25) is 5.91 Å². The van der Waals surface area contributed by atoms with E-state index >= 15 is 0 Å².